The van der Waals surface area contributed by atoms with Crippen LogP contribution in [0.4, 0.5) is 0 Å². The quantitative estimate of drug-likeness (QED) is 0.848. The number of hydrogen-bond donors (Lipinski definition) is 2. The number of nitrogens with two attached hydrogens (primary N) is 1. The van der Waals surface area contributed by atoms with Crippen molar-refractivity contribution >= 4 is 21.8 Å². The molecule has 0 spiro atoms. The Morgan fingerprint density at radius 3 is 2.78 bits per heavy atom. The number of rotatable bonds is 6. The smallest absolute Gasteiger partial charge is 0.224 e. The van der Waals surface area contributed by atoms with Crippen molar-refractivity contribution in [2.24, 2.45) is 11.7 Å². The van der Waals surface area contributed by atoms with Gasteiger partial charge in [-0.05, 0) is 31.0 Å². The molecule has 0 aromatic heterocycles. The molecule has 2 atom stereocenters. The SMILES string of the molecule is CCCC(CN)C(=O)N[C@H](C)c1cccc(Br)c1. The Hall–Kier alpha value is -0.870. The van der Waals surface area contributed by atoms with Gasteiger partial charge in [0.25, 0.3) is 0 Å². The van der Waals surface area contributed by atoms with Gasteiger partial charge in [0.2, 0.25) is 5.91 Å². The van der Waals surface area contributed by atoms with Crippen molar-refractivity contribution in [3.8, 4) is 0 Å². The third kappa shape index (κ3) is 4.42. The first-order valence-corrected chi connectivity index (χ1v) is 7.13. The monoisotopic (exact) mass is 312 g/mol. The van der Waals surface area contributed by atoms with Gasteiger partial charge in [-0.25, -0.2) is 0 Å². The standard InChI is InChI=1S/C14H21BrN2O/c1-3-5-12(9-16)14(18)17-10(2)11-6-4-7-13(15)8-11/h4,6-8,10,12H,3,5,9,16H2,1-2H3,(H,17,18)/t10-,12?/m1/s1. The molecule has 0 saturated heterocycles. The Labute approximate surface area is 117 Å². The summed E-state index contributed by atoms with van der Waals surface area (Å²) in [5, 5.41) is 3.02. The molecule has 1 aromatic rings. The Morgan fingerprint density at radius 2 is 2.22 bits per heavy atom. The zero-order valence-corrected chi connectivity index (χ0v) is 12.5. The predicted octanol–water partition coefficient (Wildman–Crippen LogP) is 3.00. The number of carbonyl (C=O) groups is 1. The zero-order chi connectivity index (χ0) is 13.5. The van der Waals surface area contributed by atoms with Crippen LogP contribution in [0, 0.1) is 5.92 Å². The minimum absolute atomic E-state index is 0.000839. The van der Waals surface area contributed by atoms with Crippen molar-refractivity contribution < 1.29 is 4.79 Å². The van der Waals surface area contributed by atoms with Crippen LogP contribution in [0.15, 0.2) is 28.7 Å². The highest BCUT2D eigenvalue weighted by atomic mass is 79.9. The first-order valence-electron chi connectivity index (χ1n) is 6.34. The van der Waals surface area contributed by atoms with Crippen molar-refractivity contribution in [3.05, 3.63) is 34.3 Å². The summed E-state index contributed by atoms with van der Waals surface area (Å²) in [7, 11) is 0. The maximum atomic E-state index is 12.0. The molecule has 0 fully saturated rings. The molecule has 100 valence electrons. The number of benzene rings is 1. The lowest BCUT2D eigenvalue weighted by molar-refractivity contribution is -0.125. The topological polar surface area (TPSA) is 55.1 Å². The van der Waals surface area contributed by atoms with E-state index >= 15 is 0 Å². The van der Waals surface area contributed by atoms with E-state index in [-0.39, 0.29) is 17.9 Å². The lowest BCUT2D eigenvalue weighted by Gasteiger charge is -2.19. The van der Waals surface area contributed by atoms with E-state index < -0.39 is 0 Å². The van der Waals surface area contributed by atoms with E-state index in [4.69, 9.17) is 5.73 Å². The molecular formula is C14H21BrN2O. The third-order valence-electron chi connectivity index (χ3n) is 3.00. The second-order valence-corrected chi connectivity index (χ2v) is 5.42. The number of hydrogen-bond acceptors (Lipinski definition) is 2. The predicted molar refractivity (Wildman–Crippen MR) is 78.2 cm³/mol. The molecule has 0 bridgehead atoms. The van der Waals surface area contributed by atoms with E-state index in [1.807, 2.05) is 31.2 Å². The van der Waals surface area contributed by atoms with Gasteiger partial charge in [0.15, 0.2) is 0 Å². The van der Waals surface area contributed by atoms with Gasteiger partial charge in [0, 0.05) is 11.0 Å². The van der Waals surface area contributed by atoms with E-state index in [0.717, 1.165) is 22.9 Å². The molecule has 1 amide bonds. The Balaban J connectivity index is 2.63. The van der Waals surface area contributed by atoms with Gasteiger partial charge >= 0.3 is 0 Å². The average Bonchev–Trinajstić information content (AvgIpc) is 2.35. The fourth-order valence-electron chi connectivity index (χ4n) is 1.89. The van der Waals surface area contributed by atoms with Gasteiger partial charge in [-0.2, -0.15) is 0 Å². The van der Waals surface area contributed by atoms with Crippen molar-refractivity contribution in [2.75, 3.05) is 6.54 Å². The van der Waals surface area contributed by atoms with Gasteiger partial charge in [0.1, 0.15) is 0 Å². The maximum absolute atomic E-state index is 12.0. The fourth-order valence-corrected chi connectivity index (χ4v) is 2.31. The van der Waals surface area contributed by atoms with Crippen molar-refractivity contribution in [3.63, 3.8) is 0 Å². The molecule has 0 radical (unpaired) electrons. The van der Waals surface area contributed by atoms with Crippen LogP contribution in [-0.4, -0.2) is 12.5 Å². The molecule has 0 saturated carbocycles. The van der Waals surface area contributed by atoms with Gasteiger partial charge < -0.3 is 11.1 Å². The van der Waals surface area contributed by atoms with Crippen LogP contribution in [0.2, 0.25) is 0 Å². The fraction of sp³-hybridized carbons (Fsp3) is 0.500. The molecule has 0 heterocycles. The molecule has 1 unspecified atom stereocenters. The zero-order valence-electron chi connectivity index (χ0n) is 10.9. The summed E-state index contributed by atoms with van der Waals surface area (Å²) in [5.74, 6) is -0.0311. The Morgan fingerprint density at radius 1 is 1.50 bits per heavy atom. The summed E-state index contributed by atoms with van der Waals surface area (Å²) in [6.45, 7) is 4.46. The summed E-state index contributed by atoms with van der Waals surface area (Å²) >= 11 is 3.43. The largest absolute Gasteiger partial charge is 0.349 e. The van der Waals surface area contributed by atoms with Crippen LogP contribution in [0.25, 0.3) is 0 Å². The molecule has 18 heavy (non-hydrogen) atoms. The lowest BCUT2D eigenvalue weighted by atomic mass is 10.0. The average molecular weight is 313 g/mol. The van der Waals surface area contributed by atoms with Crippen LogP contribution in [0.5, 0.6) is 0 Å². The van der Waals surface area contributed by atoms with E-state index in [1.54, 1.807) is 0 Å². The van der Waals surface area contributed by atoms with Crippen LogP contribution >= 0.6 is 15.9 Å². The number of halogens is 1. The van der Waals surface area contributed by atoms with Gasteiger partial charge in [-0.3, -0.25) is 4.79 Å². The summed E-state index contributed by atoms with van der Waals surface area (Å²) < 4.78 is 1.02. The molecule has 3 N–H and O–H groups in total. The molecule has 0 aliphatic carbocycles. The lowest BCUT2D eigenvalue weighted by Crippen LogP contribution is -2.36. The summed E-state index contributed by atoms with van der Waals surface area (Å²) in [6.07, 6.45) is 1.81. The normalized spacial score (nSPS) is 14.0. The molecule has 4 heteroatoms. The highest BCUT2D eigenvalue weighted by molar-refractivity contribution is 9.10. The second-order valence-electron chi connectivity index (χ2n) is 4.51. The van der Waals surface area contributed by atoms with Crippen molar-refractivity contribution in [2.45, 2.75) is 32.7 Å². The number of amides is 1. The first-order chi connectivity index (χ1) is 8.58. The molecule has 0 aliphatic rings. The van der Waals surface area contributed by atoms with Crippen LogP contribution < -0.4 is 11.1 Å². The first kappa shape index (κ1) is 15.2. The van der Waals surface area contributed by atoms with E-state index in [0.29, 0.717) is 6.54 Å². The highest BCUT2D eigenvalue weighted by Crippen LogP contribution is 2.18. The number of nitrogens with one attached hydrogen (secondary N) is 1. The number of carbonyl (C=O) groups excluding carboxylic acids is 1. The maximum Gasteiger partial charge on any atom is 0.224 e. The van der Waals surface area contributed by atoms with E-state index in [9.17, 15) is 4.79 Å². The van der Waals surface area contributed by atoms with Crippen LogP contribution in [-0.2, 0) is 4.79 Å². The minimum Gasteiger partial charge on any atom is -0.349 e. The highest BCUT2D eigenvalue weighted by Gasteiger charge is 2.18. The van der Waals surface area contributed by atoms with Gasteiger partial charge in [-0.15, -0.1) is 0 Å². The van der Waals surface area contributed by atoms with E-state index in [2.05, 4.69) is 28.2 Å². The molecule has 1 rings (SSSR count). The van der Waals surface area contributed by atoms with Crippen LogP contribution in [0.3, 0.4) is 0 Å². The van der Waals surface area contributed by atoms with Crippen molar-refractivity contribution in [1.82, 2.24) is 5.32 Å². The second kappa shape index (κ2) is 7.54. The van der Waals surface area contributed by atoms with Gasteiger partial charge in [-0.1, -0.05) is 41.4 Å². The van der Waals surface area contributed by atoms with Crippen LogP contribution in [0.1, 0.15) is 38.3 Å². The minimum atomic E-state index is -0.0791. The molecule has 0 aliphatic heterocycles. The molecule has 3 nitrogen and oxygen atoms in total. The Bertz CT molecular complexity index is 395. The Kier molecular flexibility index (Phi) is 6.36. The molecular weight excluding hydrogens is 292 g/mol. The van der Waals surface area contributed by atoms with E-state index in [1.165, 1.54) is 0 Å². The summed E-state index contributed by atoms with van der Waals surface area (Å²) in [5.41, 5.74) is 6.72. The summed E-state index contributed by atoms with van der Waals surface area (Å²) in [6, 6.07) is 7.96. The van der Waals surface area contributed by atoms with Gasteiger partial charge in [0.05, 0.1) is 12.0 Å². The third-order valence-corrected chi connectivity index (χ3v) is 3.49. The molecule has 1 aromatic carbocycles. The van der Waals surface area contributed by atoms with Crippen molar-refractivity contribution in [1.29, 1.82) is 0 Å². The summed E-state index contributed by atoms with van der Waals surface area (Å²) in [4.78, 5) is 12.0.